The maximum atomic E-state index is 13.0. The van der Waals surface area contributed by atoms with E-state index >= 15 is 0 Å². The van der Waals surface area contributed by atoms with Crippen molar-refractivity contribution in [1.29, 1.82) is 0 Å². The molecule has 0 aliphatic carbocycles. The van der Waals surface area contributed by atoms with E-state index in [0.717, 1.165) is 5.69 Å². The smallest absolute Gasteiger partial charge is 0.261 e. The van der Waals surface area contributed by atoms with Crippen molar-refractivity contribution in [3.8, 4) is 0 Å². The van der Waals surface area contributed by atoms with Gasteiger partial charge in [0.2, 0.25) is 10.0 Å². The van der Waals surface area contributed by atoms with Gasteiger partial charge >= 0.3 is 0 Å². The summed E-state index contributed by atoms with van der Waals surface area (Å²) in [6, 6.07) is 5.42. The third-order valence-corrected chi connectivity index (χ3v) is 7.57. The number of rotatable bonds is 5. The number of nitrogens with zero attached hydrogens (tertiary/aromatic N) is 5. The molecule has 2 N–H and O–H groups in total. The van der Waals surface area contributed by atoms with Gasteiger partial charge < -0.3 is 10.0 Å². The molecule has 1 aromatic carbocycles. The SMILES string of the molecule is Cc1n[nH]c(C)c1S(=O)(=O)N1CCN(c2ccc3c(=O)n(CCO)cnc3c2)CC1. The minimum atomic E-state index is -3.60. The first-order valence-corrected chi connectivity index (χ1v) is 11.1. The van der Waals surface area contributed by atoms with E-state index in [1.54, 1.807) is 19.9 Å². The normalized spacial score (nSPS) is 15.8. The Kier molecular flexibility index (Phi) is 5.35. The number of aromatic amines is 1. The molecule has 0 saturated carbocycles. The molecule has 2 aromatic heterocycles. The second-order valence-electron chi connectivity index (χ2n) is 7.32. The lowest BCUT2D eigenvalue weighted by atomic mass is 10.2. The van der Waals surface area contributed by atoms with Gasteiger partial charge in [0.05, 0.1) is 41.8 Å². The summed E-state index contributed by atoms with van der Waals surface area (Å²) in [5, 5.41) is 16.3. The molecule has 1 saturated heterocycles. The van der Waals surface area contributed by atoms with Crippen molar-refractivity contribution in [2.45, 2.75) is 25.3 Å². The van der Waals surface area contributed by atoms with Gasteiger partial charge in [-0.3, -0.25) is 14.5 Å². The molecule has 0 bridgehead atoms. The standard InChI is InChI=1S/C19H24N6O4S/c1-13-18(14(2)22-21-13)30(28,29)25-7-5-23(6-8-25)15-3-4-16-17(11-15)20-12-24(9-10-26)19(16)27/h3-4,11-12,26H,5-10H2,1-2H3,(H,21,22). The van der Waals surface area contributed by atoms with E-state index in [-0.39, 0.29) is 23.6 Å². The summed E-state index contributed by atoms with van der Waals surface area (Å²) in [4.78, 5) is 19.1. The highest BCUT2D eigenvalue weighted by atomic mass is 32.2. The summed E-state index contributed by atoms with van der Waals surface area (Å²) >= 11 is 0. The molecular weight excluding hydrogens is 408 g/mol. The largest absolute Gasteiger partial charge is 0.395 e. The molecule has 3 heterocycles. The molecule has 0 atom stereocenters. The Labute approximate surface area is 173 Å². The number of hydrogen-bond donors (Lipinski definition) is 2. The average molecular weight is 433 g/mol. The van der Waals surface area contributed by atoms with Gasteiger partial charge in [0.15, 0.2) is 0 Å². The zero-order valence-corrected chi connectivity index (χ0v) is 17.7. The number of aliphatic hydroxyl groups excluding tert-OH is 1. The fraction of sp³-hybridized carbons (Fsp3) is 0.421. The zero-order valence-electron chi connectivity index (χ0n) is 16.9. The molecule has 30 heavy (non-hydrogen) atoms. The van der Waals surface area contributed by atoms with Crippen LogP contribution in [0.3, 0.4) is 0 Å². The highest BCUT2D eigenvalue weighted by Crippen LogP contribution is 2.25. The first-order chi connectivity index (χ1) is 14.3. The number of piperazine rings is 1. The molecule has 10 nitrogen and oxygen atoms in total. The molecule has 11 heteroatoms. The molecule has 0 unspecified atom stereocenters. The van der Waals surface area contributed by atoms with Crippen LogP contribution in [-0.2, 0) is 16.6 Å². The number of hydrogen-bond acceptors (Lipinski definition) is 7. The highest BCUT2D eigenvalue weighted by molar-refractivity contribution is 7.89. The summed E-state index contributed by atoms with van der Waals surface area (Å²) in [6.07, 6.45) is 1.44. The van der Waals surface area contributed by atoms with Crippen LogP contribution >= 0.6 is 0 Å². The molecule has 1 aliphatic heterocycles. The van der Waals surface area contributed by atoms with Crippen LogP contribution in [0.25, 0.3) is 10.9 Å². The first kappa shape index (κ1) is 20.5. The Bertz CT molecular complexity index is 1220. The summed E-state index contributed by atoms with van der Waals surface area (Å²) in [7, 11) is -3.60. The van der Waals surface area contributed by atoms with Gasteiger partial charge in [0, 0.05) is 31.9 Å². The highest BCUT2D eigenvalue weighted by Gasteiger charge is 2.32. The Hall–Kier alpha value is -2.76. The van der Waals surface area contributed by atoms with E-state index < -0.39 is 10.0 Å². The van der Waals surface area contributed by atoms with Crippen molar-refractivity contribution >= 4 is 26.6 Å². The molecule has 0 amide bonds. The number of nitrogens with one attached hydrogen (secondary N) is 1. The number of anilines is 1. The molecule has 1 aliphatic rings. The number of sulfonamides is 1. The van der Waals surface area contributed by atoms with Gasteiger partial charge in [0.25, 0.3) is 5.56 Å². The van der Waals surface area contributed by atoms with Crippen LogP contribution in [0.2, 0.25) is 0 Å². The minimum absolute atomic E-state index is 0.129. The number of H-pyrrole nitrogens is 1. The number of fused-ring (bicyclic) bond motifs is 1. The van der Waals surface area contributed by atoms with Crippen molar-refractivity contribution in [3.63, 3.8) is 0 Å². The van der Waals surface area contributed by atoms with Crippen molar-refractivity contribution in [2.24, 2.45) is 0 Å². The van der Waals surface area contributed by atoms with Crippen molar-refractivity contribution < 1.29 is 13.5 Å². The van der Waals surface area contributed by atoms with Crippen LogP contribution in [0, 0.1) is 13.8 Å². The summed E-state index contributed by atoms with van der Waals surface area (Å²) < 4.78 is 28.9. The van der Waals surface area contributed by atoms with Crippen LogP contribution < -0.4 is 10.5 Å². The van der Waals surface area contributed by atoms with Crippen LogP contribution in [0.5, 0.6) is 0 Å². The Balaban J connectivity index is 1.53. The van der Waals surface area contributed by atoms with E-state index in [1.165, 1.54) is 15.2 Å². The van der Waals surface area contributed by atoms with Crippen LogP contribution in [0.1, 0.15) is 11.4 Å². The Morgan fingerprint density at radius 1 is 1.17 bits per heavy atom. The molecule has 160 valence electrons. The average Bonchev–Trinajstić information content (AvgIpc) is 3.09. The minimum Gasteiger partial charge on any atom is -0.395 e. The summed E-state index contributed by atoms with van der Waals surface area (Å²) in [5.74, 6) is 0. The maximum Gasteiger partial charge on any atom is 0.261 e. The third-order valence-electron chi connectivity index (χ3n) is 5.41. The number of aromatic nitrogens is 4. The van der Waals surface area contributed by atoms with E-state index in [1.807, 2.05) is 12.1 Å². The molecule has 0 radical (unpaired) electrons. The van der Waals surface area contributed by atoms with Gasteiger partial charge in [-0.25, -0.2) is 13.4 Å². The van der Waals surface area contributed by atoms with Crippen LogP contribution in [-0.4, -0.2) is 70.4 Å². The number of benzene rings is 1. The second kappa shape index (κ2) is 7.82. The fourth-order valence-electron chi connectivity index (χ4n) is 3.85. The van der Waals surface area contributed by atoms with Gasteiger partial charge in [0.1, 0.15) is 4.90 Å². The third kappa shape index (κ3) is 3.48. The molecular formula is C19H24N6O4S. The first-order valence-electron chi connectivity index (χ1n) is 9.69. The Morgan fingerprint density at radius 2 is 1.90 bits per heavy atom. The van der Waals surface area contributed by atoms with E-state index in [2.05, 4.69) is 20.1 Å². The maximum absolute atomic E-state index is 13.0. The fourth-order valence-corrected chi connectivity index (χ4v) is 5.60. The van der Waals surface area contributed by atoms with E-state index in [4.69, 9.17) is 5.11 Å². The van der Waals surface area contributed by atoms with E-state index in [0.29, 0.717) is 48.5 Å². The predicted molar refractivity (Wildman–Crippen MR) is 112 cm³/mol. The van der Waals surface area contributed by atoms with Crippen molar-refractivity contribution in [3.05, 3.63) is 46.3 Å². The van der Waals surface area contributed by atoms with Crippen molar-refractivity contribution in [1.82, 2.24) is 24.1 Å². The molecule has 3 aromatic rings. The lowest BCUT2D eigenvalue weighted by Gasteiger charge is -2.35. The number of aryl methyl sites for hydroxylation is 2. The van der Waals surface area contributed by atoms with Crippen molar-refractivity contribution in [2.75, 3.05) is 37.7 Å². The van der Waals surface area contributed by atoms with Crippen LogP contribution in [0.4, 0.5) is 5.69 Å². The lowest BCUT2D eigenvalue weighted by molar-refractivity contribution is 0.274. The Morgan fingerprint density at radius 3 is 2.53 bits per heavy atom. The number of aliphatic hydroxyl groups is 1. The van der Waals surface area contributed by atoms with E-state index in [9.17, 15) is 13.2 Å². The zero-order chi connectivity index (χ0) is 21.5. The molecule has 0 spiro atoms. The predicted octanol–water partition coefficient (Wildman–Crippen LogP) is 0.240. The van der Waals surface area contributed by atoms with Gasteiger partial charge in [-0.2, -0.15) is 9.40 Å². The second-order valence-corrected chi connectivity index (χ2v) is 9.20. The van der Waals surface area contributed by atoms with Gasteiger partial charge in [-0.15, -0.1) is 0 Å². The quantitative estimate of drug-likeness (QED) is 0.592. The summed E-state index contributed by atoms with van der Waals surface area (Å²) in [6.45, 7) is 5.24. The van der Waals surface area contributed by atoms with Gasteiger partial charge in [-0.1, -0.05) is 0 Å². The topological polar surface area (TPSA) is 124 Å². The molecule has 1 fully saturated rings. The summed E-state index contributed by atoms with van der Waals surface area (Å²) in [5.41, 5.74) is 2.29. The van der Waals surface area contributed by atoms with Gasteiger partial charge in [-0.05, 0) is 32.0 Å². The lowest BCUT2D eigenvalue weighted by Crippen LogP contribution is -2.48. The van der Waals surface area contributed by atoms with Crippen LogP contribution in [0.15, 0.2) is 34.2 Å². The monoisotopic (exact) mass is 432 g/mol. The molecule has 4 rings (SSSR count).